The minimum absolute atomic E-state index is 0.198. The Morgan fingerprint density at radius 2 is 2.03 bits per heavy atom. The molecule has 2 saturated carbocycles. The summed E-state index contributed by atoms with van der Waals surface area (Å²) in [5.74, 6) is 1.69. The topological polar surface area (TPSA) is 62.2 Å². The number of benzene rings is 2. The molecule has 5 aliphatic carbocycles. The lowest BCUT2D eigenvalue weighted by Crippen LogP contribution is -2.81. The van der Waals surface area contributed by atoms with E-state index < -0.39 is 17.1 Å². The molecule has 3 fully saturated rings. The minimum atomic E-state index is -0.832. The Hall–Kier alpha value is -2.34. The van der Waals surface area contributed by atoms with Crippen molar-refractivity contribution in [3.05, 3.63) is 70.8 Å². The molecule has 2 spiro atoms. The summed E-state index contributed by atoms with van der Waals surface area (Å²) < 4.78 is 13.5. The summed E-state index contributed by atoms with van der Waals surface area (Å²) in [7, 11) is 1.77. The number of likely N-dealkylation sites (tertiary alicyclic amines) is 1. The van der Waals surface area contributed by atoms with Gasteiger partial charge in [0.15, 0.2) is 11.5 Å². The molecule has 2 aromatic rings. The molecular weight excluding hydrogens is 462 g/mol. The minimum Gasteiger partial charge on any atom is -0.504 e. The number of piperidine rings is 1. The third-order valence-corrected chi connectivity index (χ3v) is 11.5. The Kier molecular flexibility index (Phi) is 4.28. The van der Waals surface area contributed by atoms with E-state index in [9.17, 15) is 10.2 Å². The molecule has 7 aliphatic rings. The summed E-state index contributed by atoms with van der Waals surface area (Å²) in [6, 6.07) is 12.5. The first kappa shape index (κ1) is 22.6. The predicted octanol–water partition coefficient (Wildman–Crippen LogP) is 4.82. The van der Waals surface area contributed by atoms with Gasteiger partial charge in [0.05, 0.1) is 11.5 Å². The average molecular weight is 500 g/mol. The molecule has 1 saturated heterocycles. The molecule has 4 bridgehead atoms. The SMILES string of the molecule is CO[C@]12C=CC3(CC1(C)[C@@H](O)c1cccc(C)c1)C1Cc4ccc(O)c5c4[C@@]3(CCN1CC1CC1)[C@@H]2O5. The quantitative estimate of drug-likeness (QED) is 0.578. The number of methoxy groups -OCH3 is 1. The number of ether oxygens (including phenoxy) is 2. The van der Waals surface area contributed by atoms with Crippen LogP contribution in [0.2, 0.25) is 0 Å². The standard InChI is InChI=1S/C32H37NO4/c1-19-5-4-6-22(15-19)27(35)29(2)18-30-11-12-32(29,36-3)28-31(30)13-14-33(17-20-7-8-20)24(30)16-21-9-10-23(34)26(37-28)25(21)31/h4-6,9-12,15,20,24,27-28,34-35H,7-8,13-14,16-18H2,1-3H3/t24?,27-,28-,29?,30?,31-,32-/m0/s1. The smallest absolute Gasteiger partial charge is 0.165 e. The fraction of sp³-hybridized carbons (Fsp3) is 0.562. The van der Waals surface area contributed by atoms with Gasteiger partial charge in [-0.05, 0) is 68.7 Å². The number of fused-ring (bicyclic) bond motifs is 1. The average Bonchev–Trinajstić information content (AvgIpc) is 3.63. The van der Waals surface area contributed by atoms with E-state index in [1.54, 1.807) is 7.11 Å². The van der Waals surface area contributed by atoms with Crippen LogP contribution in [0.3, 0.4) is 0 Å². The molecule has 5 heteroatoms. The normalized spacial score (nSPS) is 41.4. The van der Waals surface area contributed by atoms with Crippen molar-refractivity contribution < 1.29 is 19.7 Å². The second-order valence-electron chi connectivity index (χ2n) is 13.1. The van der Waals surface area contributed by atoms with Crippen LogP contribution in [0.15, 0.2) is 48.6 Å². The maximum absolute atomic E-state index is 12.2. The Morgan fingerprint density at radius 3 is 2.78 bits per heavy atom. The molecule has 2 N–H and O–H groups in total. The number of phenols is 1. The maximum atomic E-state index is 12.2. The lowest BCUT2D eigenvalue weighted by Gasteiger charge is -2.74. The van der Waals surface area contributed by atoms with E-state index in [4.69, 9.17) is 9.47 Å². The largest absolute Gasteiger partial charge is 0.504 e. The molecule has 0 aromatic heterocycles. The Labute approximate surface area is 219 Å². The van der Waals surface area contributed by atoms with Crippen LogP contribution in [0.1, 0.15) is 61.0 Å². The van der Waals surface area contributed by atoms with Gasteiger partial charge in [0, 0.05) is 36.1 Å². The van der Waals surface area contributed by atoms with Gasteiger partial charge in [-0.25, -0.2) is 0 Å². The number of hydrogen-bond donors (Lipinski definition) is 2. The number of hydrogen-bond acceptors (Lipinski definition) is 5. The van der Waals surface area contributed by atoms with Crippen molar-refractivity contribution in [3.63, 3.8) is 0 Å². The van der Waals surface area contributed by atoms with Crippen LogP contribution in [0, 0.1) is 23.7 Å². The molecule has 5 nitrogen and oxygen atoms in total. The Balaban J connectivity index is 1.38. The number of aryl methyl sites for hydroxylation is 1. The lowest BCUT2D eigenvalue weighted by atomic mass is 9.33. The van der Waals surface area contributed by atoms with E-state index in [-0.39, 0.29) is 22.7 Å². The summed E-state index contributed by atoms with van der Waals surface area (Å²) in [6.45, 7) is 6.49. The van der Waals surface area contributed by atoms with Crippen molar-refractivity contribution in [2.75, 3.05) is 20.2 Å². The number of nitrogens with zero attached hydrogens (tertiary/aromatic N) is 1. The fourth-order valence-electron chi connectivity index (χ4n) is 9.75. The van der Waals surface area contributed by atoms with Crippen LogP contribution in [-0.4, -0.2) is 53.1 Å². The number of phenolic OH excluding ortho intramolecular Hbond substituents is 1. The molecule has 7 atom stereocenters. The van der Waals surface area contributed by atoms with Gasteiger partial charge in [0.25, 0.3) is 0 Å². The molecular formula is C32H37NO4. The van der Waals surface area contributed by atoms with Crippen molar-refractivity contribution in [1.82, 2.24) is 4.90 Å². The molecule has 2 aromatic carbocycles. The van der Waals surface area contributed by atoms with Gasteiger partial charge in [0.2, 0.25) is 0 Å². The monoisotopic (exact) mass is 499 g/mol. The van der Waals surface area contributed by atoms with Gasteiger partial charge in [-0.2, -0.15) is 0 Å². The third kappa shape index (κ3) is 2.44. The molecule has 37 heavy (non-hydrogen) atoms. The Morgan fingerprint density at radius 1 is 1.19 bits per heavy atom. The van der Waals surface area contributed by atoms with Crippen LogP contribution in [0.4, 0.5) is 0 Å². The number of aliphatic hydroxyl groups excluding tert-OH is 1. The number of aliphatic hydroxyl groups is 1. The highest BCUT2D eigenvalue weighted by molar-refractivity contribution is 5.65. The summed E-state index contributed by atoms with van der Waals surface area (Å²) in [6.07, 6.45) is 9.13. The van der Waals surface area contributed by atoms with Crippen LogP contribution in [0.5, 0.6) is 11.5 Å². The van der Waals surface area contributed by atoms with Crippen LogP contribution in [-0.2, 0) is 16.6 Å². The molecule has 2 aliphatic heterocycles. The van der Waals surface area contributed by atoms with Crippen LogP contribution >= 0.6 is 0 Å². The molecule has 0 radical (unpaired) electrons. The van der Waals surface area contributed by atoms with E-state index in [1.807, 2.05) is 18.2 Å². The first-order valence-electron chi connectivity index (χ1n) is 14.1. The molecule has 3 unspecified atom stereocenters. The van der Waals surface area contributed by atoms with Gasteiger partial charge in [-0.3, -0.25) is 4.90 Å². The highest BCUT2D eigenvalue weighted by Crippen LogP contribution is 2.78. The molecule has 9 rings (SSSR count). The lowest BCUT2D eigenvalue weighted by molar-refractivity contribution is -0.270. The molecule has 2 heterocycles. The summed E-state index contributed by atoms with van der Waals surface area (Å²) in [5, 5.41) is 23.2. The van der Waals surface area contributed by atoms with Gasteiger partial charge < -0.3 is 19.7 Å². The van der Waals surface area contributed by atoms with Gasteiger partial charge >= 0.3 is 0 Å². The van der Waals surface area contributed by atoms with Crippen molar-refractivity contribution in [1.29, 1.82) is 0 Å². The van der Waals surface area contributed by atoms with Crippen molar-refractivity contribution in [2.24, 2.45) is 16.7 Å². The highest BCUT2D eigenvalue weighted by atomic mass is 16.6. The van der Waals surface area contributed by atoms with E-state index in [2.05, 4.69) is 49.1 Å². The van der Waals surface area contributed by atoms with Crippen LogP contribution in [0.25, 0.3) is 0 Å². The number of aromatic hydroxyl groups is 1. The zero-order chi connectivity index (χ0) is 25.4. The predicted molar refractivity (Wildman–Crippen MR) is 141 cm³/mol. The van der Waals surface area contributed by atoms with Crippen molar-refractivity contribution in [2.45, 2.75) is 75.2 Å². The molecule has 194 valence electrons. The van der Waals surface area contributed by atoms with Gasteiger partial charge in [0.1, 0.15) is 11.7 Å². The zero-order valence-corrected chi connectivity index (χ0v) is 22.0. The van der Waals surface area contributed by atoms with E-state index in [0.717, 1.165) is 49.4 Å². The van der Waals surface area contributed by atoms with Crippen molar-refractivity contribution in [3.8, 4) is 11.5 Å². The van der Waals surface area contributed by atoms with Gasteiger partial charge in [-0.15, -0.1) is 0 Å². The second kappa shape index (κ2) is 6.99. The van der Waals surface area contributed by atoms with Crippen LogP contribution < -0.4 is 4.74 Å². The summed E-state index contributed by atoms with van der Waals surface area (Å²) in [4.78, 5) is 2.77. The Bertz CT molecular complexity index is 1350. The first-order valence-corrected chi connectivity index (χ1v) is 14.1. The number of rotatable bonds is 5. The third-order valence-electron chi connectivity index (χ3n) is 11.5. The zero-order valence-electron chi connectivity index (χ0n) is 22.0. The van der Waals surface area contributed by atoms with E-state index in [1.165, 1.54) is 24.0 Å². The second-order valence-corrected chi connectivity index (χ2v) is 13.1. The first-order chi connectivity index (χ1) is 17.8. The summed E-state index contributed by atoms with van der Waals surface area (Å²) >= 11 is 0. The van der Waals surface area contributed by atoms with E-state index >= 15 is 0 Å². The highest BCUT2D eigenvalue weighted by Gasteiger charge is 2.82. The molecule has 0 amide bonds. The van der Waals surface area contributed by atoms with Crippen molar-refractivity contribution >= 4 is 0 Å². The van der Waals surface area contributed by atoms with E-state index in [0.29, 0.717) is 11.8 Å². The summed E-state index contributed by atoms with van der Waals surface area (Å²) in [5.41, 5.74) is 2.70. The van der Waals surface area contributed by atoms with Gasteiger partial charge in [-0.1, -0.05) is 55.0 Å². The fourth-order valence-corrected chi connectivity index (χ4v) is 9.75. The maximum Gasteiger partial charge on any atom is 0.165 e.